The molecule has 34 heavy (non-hydrogen) atoms. The molecular weight excluding hydrogens is 430 g/mol. The van der Waals surface area contributed by atoms with Gasteiger partial charge in [0.25, 0.3) is 5.56 Å². The van der Waals surface area contributed by atoms with Crippen molar-refractivity contribution >= 4 is 22.7 Å². The summed E-state index contributed by atoms with van der Waals surface area (Å²) in [4.78, 5) is 28.2. The Morgan fingerprint density at radius 3 is 2.38 bits per heavy atom. The predicted molar refractivity (Wildman–Crippen MR) is 137 cm³/mol. The minimum atomic E-state index is -0.670. The van der Waals surface area contributed by atoms with Crippen LogP contribution < -0.4 is 15.2 Å². The zero-order valence-electron chi connectivity index (χ0n) is 21.4. The fourth-order valence-corrected chi connectivity index (χ4v) is 3.80. The number of carbonyl (C=O) groups excluding carboxylic acids is 1. The molecule has 0 saturated carbocycles. The average molecular weight is 468 g/mol. The van der Waals surface area contributed by atoms with E-state index < -0.39 is 11.7 Å². The van der Waals surface area contributed by atoms with Crippen LogP contribution in [0.3, 0.4) is 0 Å². The van der Waals surface area contributed by atoms with Gasteiger partial charge in [0, 0.05) is 37.1 Å². The van der Waals surface area contributed by atoms with Gasteiger partial charge in [0.1, 0.15) is 5.60 Å². The van der Waals surface area contributed by atoms with Crippen molar-refractivity contribution < 1.29 is 14.3 Å². The van der Waals surface area contributed by atoms with Crippen LogP contribution in [0.4, 0.5) is 10.6 Å². The Bertz CT molecular complexity index is 1190. The number of carbonyl (C=O) groups is 1. The van der Waals surface area contributed by atoms with E-state index in [1.807, 2.05) is 81.9 Å². The topological polar surface area (TPSA) is 65.7 Å². The van der Waals surface area contributed by atoms with E-state index in [0.717, 1.165) is 18.5 Å². The Kier molecular flexibility index (Phi) is 7.75. The molecular formula is C27H37N3O4. The summed E-state index contributed by atoms with van der Waals surface area (Å²) in [6, 6.07) is 9.62. The number of aromatic nitrogens is 2. The molecule has 0 aliphatic carbocycles. The van der Waals surface area contributed by atoms with Crippen LogP contribution in [0.5, 0.6) is 5.75 Å². The van der Waals surface area contributed by atoms with Crippen molar-refractivity contribution in [3.63, 3.8) is 0 Å². The second-order valence-electron chi connectivity index (χ2n) is 10.0. The second-order valence-corrected chi connectivity index (χ2v) is 10.0. The molecule has 3 aromatic rings. The van der Waals surface area contributed by atoms with E-state index in [0.29, 0.717) is 35.5 Å². The van der Waals surface area contributed by atoms with Crippen molar-refractivity contribution in [2.45, 2.75) is 66.5 Å². The van der Waals surface area contributed by atoms with Crippen molar-refractivity contribution in [2.24, 2.45) is 5.92 Å². The molecule has 184 valence electrons. The van der Waals surface area contributed by atoms with Crippen LogP contribution in [0.2, 0.25) is 0 Å². The van der Waals surface area contributed by atoms with Crippen molar-refractivity contribution in [1.29, 1.82) is 0 Å². The van der Waals surface area contributed by atoms with E-state index >= 15 is 0 Å². The molecule has 7 heteroatoms. The maximum absolute atomic E-state index is 13.7. The Labute approximate surface area is 201 Å². The first kappa shape index (κ1) is 25.4. The molecule has 0 aliphatic rings. The molecule has 1 aromatic carbocycles. The highest BCUT2D eigenvalue weighted by Gasteiger charge is 2.28. The number of hydrogen-bond donors (Lipinski definition) is 0. The van der Waals surface area contributed by atoms with Gasteiger partial charge < -0.3 is 14.0 Å². The predicted octanol–water partition coefficient (Wildman–Crippen LogP) is 6.00. The number of rotatable bonds is 8. The molecule has 2 aromatic heterocycles. The number of hydrogen-bond acceptors (Lipinski definition) is 4. The van der Waals surface area contributed by atoms with Gasteiger partial charge in [0.2, 0.25) is 0 Å². The summed E-state index contributed by atoms with van der Waals surface area (Å²) in [6.07, 6.45) is 5.19. The maximum atomic E-state index is 13.7. The zero-order valence-corrected chi connectivity index (χ0v) is 21.4. The van der Waals surface area contributed by atoms with E-state index in [4.69, 9.17) is 9.47 Å². The molecule has 3 rings (SSSR count). The van der Waals surface area contributed by atoms with Gasteiger partial charge in [-0.3, -0.25) is 14.3 Å². The lowest BCUT2D eigenvalue weighted by Gasteiger charge is -2.29. The van der Waals surface area contributed by atoms with E-state index in [1.165, 1.54) is 4.90 Å². The largest absolute Gasteiger partial charge is 0.489 e. The van der Waals surface area contributed by atoms with E-state index in [-0.39, 0.29) is 11.5 Å². The first-order valence-electron chi connectivity index (χ1n) is 12.0. The molecule has 0 saturated heterocycles. The zero-order chi connectivity index (χ0) is 25.0. The number of benzene rings is 1. The number of anilines is 1. The van der Waals surface area contributed by atoms with Crippen LogP contribution in [0.1, 0.15) is 54.4 Å². The Morgan fingerprint density at radius 2 is 1.79 bits per heavy atom. The summed E-state index contributed by atoms with van der Waals surface area (Å²) in [5.41, 5.74) is 0.0802. The fraction of sp³-hybridized carbons (Fsp3) is 0.481. The lowest BCUT2D eigenvalue weighted by molar-refractivity contribution is 0.0585. The van der Waals surface area contributed by atoms with Crippen LogP contribution in [0, 0.1) is 5.92 Å². The van der Waals surface area contributed by atoms with Gasteiger partial charge in [-0.2, -0.15) is 0 Å². The smallest absolute Gasteiger partial charge is 0.415 e. The van der Waals surface area contributed by atoms with Crippen molar-refractivity contribution in [3.05, 3.63) is 53.1 Å². The lowest BCUT2D eigenvalue weighted by Crippen LogP contribution is -2.38. The molecule has 7 nitrogen and oxygen atoms in total. The van der Waals surface area contributed by atoms with Crippen LogP contribution in [-0.2, 0) is 11.3 Å². The highest BCUT2D eigenvalue weighted by atomic mass is 16.6. The molecule has 0 unspecified atom stereocenters. The molecule has 0 atom stereocenters. The molecule has 0 spiro atoms. The van der Waals surface area contributed by atoms with Crippen LogP contribution in [-0.4, -0.2) is 34.5 Å². The van der Waals surface area contributed by atoms with Crippen LogP contribution >= 0.6 is 0 Å². The number of ether oxygens (including phenoxy) is 2. The molecule has 1 amide bonds. The molecule has 2 heterocycles. The standard InChI is InChI=1S/C27H37N3O4/c1-8-9-16-33-23-22-17-20(29-14-10-11-15-29)12-13-21(22)25(31)30(18-19(2)3)24(23)28(7)26(32)34-27(4,5)6/h10-15,17,19H,8-9,16,18H2,1-7H3. The average Bonchev–Trinajstić information content (AvgIpc) is 3.29. The van der Waals surface area contributed by atoms with E-state index in [2.05, 4.69) is 6.92 Å². The van der Waals surface area contributed by atoms with Gasteiger partial charge in [-0.1, -0.05) is 27.2 Å². The van der Waals surface area contributed by atoms with E-state index in [9.17, 15) is 9.59 Å². The minimum Gasteiger partial charge on any atom is -0.489 e. The van der Waals surface area contributed by atoms with Gasteiger partial charge in [0.15, 0.2) is 11.6 Å². The van der Waals surface area contributed by atoms with Gasteiger partial charge in [0.05, 0.1) is 12.0 Å². The highest BCUT2D eigenvalue weighted by molar-refractivity contribution is 5.97. The maximum Gasteiger partial charge on any atom is 0.415 e. The first-order valence-corrected chi connectivity index (χ1v) is 12.0. The number of nitrogens with zero attached hydrogens (tertiary/aromatic N) is 3. The van der Waals surface area contributed by atoms with Crippen LogP contribution in [0.15, 0.2) is 47.5 Å². The highest BCUT2D eigenvalue weighted by Crippen LogP contribution is 2.36. The number of pyridine rings is 1. The Morgan fingerprint density at radius 1 is 1.12 bits per heavy atom. The van der Waals surface area contributed by atoms with Crippen molar-refractivity contribution in [2.75, 3.05) is 18.6 Å². The minimum absolute atomic E-state index is 0.156. The normalized spacial score (nSPS) is 11.8. The molecule has 0 aliphatic heterocycles. The third kappa shape index (κ3) is 5.64. The number of fused-ring (bicyclic) bond motifs is 1. The number of amides is 1. The summed E-state index contributed by atoms with van der Waals surface area (Å²) in [5.74, 6) is 1.12. The van der Waals surface area contributed by atoms with Crippen molar-refractivity contribution in [1.82, 2.24) is 9.13 Å². The summed E-state index contributed by atoms with van der Waals surface area (Å²) in [7, 11) is 1.63. The van der Waals surface area contributed by atoms with Crippen molar-refractivity contribution in [3.8, 4) is 11.4 Å². The molecule has 0 bridgehead atoms. The lowest BCUT2D eigenvalue weighted by atomic mass is 10.1. The number of unbranched alkanes of at least 4 members (excludes halogenated alkanes) is 1. The monoisotopic (exact) mass is 467 g/mol. The van der Waals surface area contributed by atoms with Gasteiger partial charge in [-0.05, 0) is 63.4 Å². The molecule has 0 fully saturated rings. The SMILES string of the molecule is CCCCOc1c(N(C)C(=O)OC(C)(C)C)n(CC(C)C)c(=O)c2ccc(-n3cccc3)cc12. The van der Waals surface area contributed by atoms with Crippen LogP contribution in [0.25, 0.3) is 16.5 Å². The Balaban J connectivity index is 2.31. The third-order valence-corrected chi connectivity index (χ3v) is 5.36. The molecule has 0 N–H and O–H groups in total. The van der Waals surface area contributed by atoms with Gasteiger partial charge in [-0.15, -0.1) is 0 Å². The molecule has 0 radical (unpaired) electrons. The second kappa shape index (κ2) is 10.4. The van der Waals surface area contributed by atoms with Gasteiger partial charge in [-0.25, -0.2) is 4.79 Å². The fourth-order valence-electron chi connectivity index (χ4n) is 3.80. The Hall–Kier alpha value is -3.22. The first-order chi connectivity index (χ1) is 16.0. The summed E-state index contributed by atoms with van der Waals surface area (Å²) in [5, 5.41) is 1.24. The van der Waals surface area contributed by atoms with E-state index in [1.54, 1.807) is 11.6 Å². The quantitative estimate of drug-likeness (QED) is 0.381. The van der Waals surface area contributed by atoms with Gasteiger partial charge >= 0.3 is 6.09 Å². The summed E-state index contributed by atoms with van der Waals surface area (Å²) >= 11 is 0. The third-order valence-electron chi connectivity index (χ3n) is 5.36. The summed E-state index contributed by atoms with van der Waals surface area (Å²) < 4.78 is 15.6. The summed E-state index contributed by atoms with van der Waals surface area (Å²) in [6.45, 7) is 12.6.